The minimum absolute atomic E-state index is 0.231. The Morgan fingerprint density at radius 2 is 2.00 bits per heavy atom. The summed E-state index contributed by atoms with van der Waals surface area (Å²) in [7, 11) is 0. The fraction of sp³-hybridized carbons (Fsp3) is 0.389. The third-order valence-electron chi connectivity index (χ3n) is 3.59. The summed E-state index contributed by atoms with van der Waals surface area (Å²) >= 11 is 1.45. The van der Waals surface area contributed by atoms with Crippen LogP contribution in [0.2, 0.25) is 0 Å². The Hall–Kier alpha value is -2.41. The predicted octanol–water partition coefficient (Wildman–Crippen LogP) is 3.86. The molecule has 1 heterocycles. The Morgan fingerprint density at radius 3 is 2.72 bits per heavy atom. The van der Waals surface area contributed by atoms with Crippen LogP contribution < -0.4 is 14.8 Å². The molecule has 0 radical (unpaired) electrons. The maximum atomic E-state index is 12.0. The number of carbonyl (C=O) groups excluding carboxylic acids is 1. The second-order valence-electron chi connectivity index (χ2n) is 5.61. The van der Waals surface area contributed by atoms with Crippen LogP contribution in [0.1, 0.15) is 43.2 Å². The van der Waals surface area contributed by atoms with E-state index in [-0.39, 0.29) is 5.91 Å². The van der Waals surface area contributed by atoms with E-state index in [1.165, 1.54) is 30.3 Å². The monoisotopic (exact) mass is 359 g/mol. The van der Waals surface area contributed by atoms with E-state index in [2.05, 4.69) is 15.5 Å². The highest BCUT2D eigenvalue weighted by atomic mass is 32.1. The highest BCUT2D eigenvalue weighted by Crippen LogP contribution is 2.42. The minimum Gasteiger partial charge on any atom is -0.490 e. The fourth-order valence-electron chi connectivity index (χ4n) is 2.27. The van der Waals surface area contributed by atoms with Gasteiger partial charge in [-0.2, -0.15) is 0 Å². The third kappa shape index (κ3) is 4.79. The molecule has 2 aromatic rings. The van der Waals surface area contributed by atoms with Crippen molar-refractivity contribution in [2.24, 2.45) is 0 Å². The number of anilines is 1. The maximum absolute atomic E-state index is 12.0. The molecule has 0 spiro atoms. The lowest BCUT2D eigenvalue weighted by Gasteiger charge is -2.11. The van der Waals surface area contributed by atoms with Gasteiger partial charge in [-0.05, 0) is 50.5 Å². The highest BCUT2D eigenvalue weighted by Gasteiger charge is 2.27. The molecule has 0 atom stereocenters. The normalized spacial score (nSPS) is 13.8. The summed E-state index contributed by atoms with van der Waals surface area (Å²) in [4.78, 5) is 12.0. The molecule has 7 heteroatoms. The van der Waals surface area contributed by atoms with Crippen molar-refractivity contribution in [3.63, 3.8) is 0 Å². The second kappa shape index (κ2) is 8.11. The van der Waals surface area contributed by atoms with E-state index in [0.717, 1.165) is 10.6 Å². The van der Waals surface area contributed by atoms with Crippen LogP contribution in [0.4, 0.5) is 5.13 Å². The molecular formula is C18H21N3O3S. The van der Waals surface area contributed by atoms with E-state index < -0.39 is 0 Å². The number of nitrogens with one attached hydrogen (secondary N) is 1. The van der Waals surface area contributed by atoms with Crippen molar-refractivity contribution >= 4 is 28.5 Å². The zero-order valence-corrected chi connectivity index (χ0v) is 15.1. The van der Waals surface area contributed by atoms with E-state index in [1.807, 2.05) is 32.0 Å². The first-order chi connectivity index (χ1) is 12.2. The average molecular weight is 359 g/mol. The molecule has 1 aliphatic carbocycles. The highest BCUT2D eigenvalue weighted by molar-refractivity contribution is 7.15. The van der Waals surface area contributed by atoms with Crippen molar-refractivity contribution in [3.8, 4) is 11.5 Å². The lowest BCUT2D eigenvalue weighted by atomic mass is 10.2. The molecule has 0 aliphatic heterocycles. The summed E-state index contributed by atoms with van der Waals surface area (Å²) in [5.41, 5.74) is 0.859. The molecule has 1 aromatic heterocycles. The van der Waals surface area contributed by atoms with E-state index in [1.54, 1.807) is 6.08 Å². The van der Waals surface area contributed by atoms with E-state index in [0.29, 0.717) is 35.8 Å². The van der Waals surface area contributed by atoms with Crippen LogP contribution in [0.5, 0.6) is 11.5 Å². The van der Waals surface area contributed by atoms with Crippen molar-refractivity contribution in [3.05, 3.63) is 34.8 Å². The lowest BCUT2D eigenvalue weighted by Crippen LogP contribution is -2.07. The first-order valence-corrected chi connectivity index (χ1v) is 9.23. The minimum atomic E-state index is -0.231. The molecular weight excluding hydrogens is 338 g/mol. The van der Waals surface area contributed by atoms with Crippen LogP contribution in [0, 0.1) is 0 Å². The molecule has 132 valence electrons. The van der Waals surface area contributed by atoms with Crippen LogP contribution in [-0.4, -0.2) is 29.3 Å². The van der Waals surface area contributed by atoms with Crippen molar-refractivity contribution in [2.45, 2.75) is 32.6 Å². The smallest absolute Gasteiger partial charge is 0.250 e. The molecule has 3 rings (SSSR count). The summed E-state index contributed by atoms with van der Waals surface area (Å²) < 4.78 is 11.1. The van der Waals surface area contributed by atoms with Gasteiger partial charge in [-0.15, -0.1) is 10.2 Å². The van der Waals surface area contributed by atoms with Crippen LogP contribution in [0.15, 0.2) is 24.3 Å². The molecule has 1 amide bonds. The molecule has 0 bridgehead atoms. The molecule has 1 saturated carbocycles. The number of ether oxygens (including phenoxy) is 2. The van der Waals surface area contributed by atoms with Gasteiger partial charge in [-0.3, -0.25) is 10.1 Å². The zero-order chi connectivity index (χ0) is 17.6. The molecule has 25 heavy (non-hydrogen) atoms. The van der Waals surface area contributed by atoms with E-state index in [9.17, 15) is 4.79 Å². The van der Waals surface area contributed by atoms with Gasteiger partial charge in [0.15, 0.2) is 11.5 Å². The van der Waals surface area contributed by atoms with Crippen molar-refractivity contribution in [2.75, 3.05) is 18.5 Å². The Morgan fingerprint density at radius 1 is 1.24 bits per heavy atom. The first kappa shape index (κ1) is 17.4. The van der Waals surface area contributed by atoms with Gasteiger partial charge in [-0.1, -0.05) is 17.4 Å². The molecule has 1 N–H and O–H groups in total. The lowest BCUT2D eigenvalue weighted by molar-refractivity contribution is -0.111. The fourth-order valence-corrected chi connectivity index (χ4v) is 3.19. The van der Waals surface area contributed by atoms with Gasteiger partial charge in [0.05, 0.1) is 13.2 Å². The number of hydrogen-bond acceptors (Lipinski definition) is 6. The number of nitrogens with zero attached hydrogens (tertiary/aromatic N) is 2. The topological polar surface area (TPSA) is 73.3 Å². The Bertz CT molecular complexity index is 769. The number of amides is 1. The summed E-state index contributed by atoms with van der Waals surface area (Å²) in [6, 6.07) is 5.58. The quantitative estimate of drug-likeness (QED) is 0.725. The van der Waals surface area contributed by atoms with Crippen molar-refractivity contribution in [1.29, 1.82) is 0 Å². The van der Waals surface area contributed by atoms with Gasteiger partial charge in [0.2, 0.25) is 11.0 Å². The molecule has 0 saturated heterocycles. The largest absolute Gasteiger partial charge is 0.490 e. The maximum Gasteiger partial charge on any atom is 0.250 e. The second-order valence-corrected chi connectivity index (χ2v) is 6.62. The molecule has 6 nitrogen and oxygen atoms in total. The summed E-state index contributed by atoms with van der Waals surface area (Å²) in [5, 5.41) is 12.4. The van der Waals surface area contributed by atoms with Crippen molar-refractivity contribution in [1.82, 2.24) is 10.2 Å². The average Bonchev–Trinajstić information content (AvgIpc) is 3.35. The van der Waals surface area contributed by atoms with Crippen molar-refractivity contribution < 1.29 is 14.3 Å². The zero-order valence-electron chi connectivity index (χ0n) is 14.3. The van der Waals surface area contributed by atoms with Crippen LogP contribution in [0.25, 0.3) is 6.08 Å². The van der Waals surface area contributed by atoms with Gasteiger partial charge in [0.1, 0.15) is 5.01 Å². The summed E-state index contributed by atoms with van der Waals surface area (Å²) in [6.45, 7) is 4.97. The predicted molar refractivity (Wildman–Crippen MR) is 98.3 cm³/mol. The Kier molecular flexibility index (Phi) is 5.65. The van der Waals surface area contributed by atoms with E-state index in [4.69, 9.17) is 9.47 Å². The Balaban J connectivity index is 1.63. The standard InChI is InChI=1S/C18H21N3O3S/c1-3-23-14-9-5-12(11-15(14)24-4-2)6-10-16(22)19-18-21-20-17(25-18)13-7-8-13/h5-6,9-11,13H,3-4,7-8H2,1-2H3,(H,19,21,22)/b10-6+. The molecule has 1 aromatic carbocycles. The van der Waals surface area contributed by atoms with Gasteiger partial charge < -0.3 is 9.47 Å². The van der Waals surface area contributed by atoms with Crippen LogP contribution in [-0.2, 0) is 4.79 Å². The third-order valence-corrected chi connectivity index (χ3v) is 4.59. The number of carbonyl (C=O) groups is 1. The van der Waals surface area contributed by atoms with E-state index >= 15 is 0 Å². The summed E-state index contributed by atoms with van der Waals surface area (Å²) in [5.74, 6) is 1.68. The van der Waals surface area contributed by atoms with Crippen LogP contribution >= 0.6 is 11.3 Å². The first-order valence-electron chi connectivity index (χ1n) is 8.41. The van der Waals surface area contributed by atoms with Gasteiger partial charge in [0, 0.05) is 12.0 Å². The number of aromatic nitrogens is 2. The number of benzene rings is 1. The number of hydrogen-bond donors (Lipinski definition) is 1. The molecule has 1 aliphatic rings. The van der Waals surface area contributed by atoms with Gasteiger partial charge in [-0.25, -0.2) is 0 Å². The summed E-state index contributed by atoms with van der Waals surface area (Å²) in [6.07, 6.45) is 5.55. The van der Waals surface area contributed by atoms with Gasteiger partial charge >= 0.3 is 0 Å². The Labute approximate surface area is 150 Å². The molecule has 1 fully saturated rings. The SMILES string of the molecule is CCOc1ccc(/C=C/C(=O)Nc2nnc(C3CC3)s2)cc1OCC. The van der Waals surface area contributed by atoms with Gasteiger partial charge in [0.25, 0.3) is 0 Å². The van der Waals surface area contributed by atoms with Crippen LogP contribution in [0.3, 0.4) is 0 Å². The molecule has 0 unspecified atom stereocenters. The number of rotatable bonds is 8.